The van der Waals surface area contributed by atoms with E-state index in [1.54, 1.807) is 0 Å². The second-order valence-electron chi connectivity index (χ2n) is 13.5. The number of rotatable bonds is 16. The number of nitrogens with zero attached hydrogens (tertiary/aromatic N) is 4. The Morgan fingerprint density at radius 2 is 1.71 bits per heavy atom. The fraction of sp³-hybridized carbons (Fsp3) is 0.361. The number of sulfonamides is 1. The zero-order valence-electron chi connectivity index (χ0n) is 31.1. The SMILES string of the molecule is NC(=O)c1c(F)cccc1Nc1nc(NC2CCN(S(=O)(=O)CCNC(=O)CCNC(=O)COc3cccc4c3C(=O)N(C3CCC(=O)NC3=O)C4=O)CC2)ncc1Br. The number of imide groups is 2. The molecule has 6 rings (SSSR count). The highest BCUT2D eigenvalue weighted by Gasteiger charge is 2.46. The molecule has 59 heavy (non-hydrogen) atoms. The first-order valence-electron chi connectivity index (χ1n) is 18.3. The van der Waals surface area contributed by atoms with Crippen LogP contribution in [0.1, 0.15) is 63.2 Å². The number of carbonyl (C=O) groups is 7. The van der Waals surface area contributed by atoms with E-state index in [2.05, 4.69) is 52.5 Å². The molecule has 3 aromatic rings. The summed E-state index contributed by atoms with van der Waals surface area (Å²) in [5.74, 6) is -5.63. The van der Waals surface area contributed by atoms with E-state index in [0.717, 1.165) is 11.0 Å². The predicted octanol–water partition coefficient (Wildman–Crippen LogP) is 0.530. The van der Waals surface area contributed by atoms with E-state index >= 15 is 0 Å². The molecule has 0 spiro atoms. The van der Waals surface area contributed by atoms with Crippen LogP contribution >= 0.6 is 15.9 Å². The molecule has 1 aromatic heterocycles. The van der Waals surface area contributed by atoms with Crippen LogP contribution in [-0.2, 0) is 29.2 Å². The number of hydrogen-bond donors (Lipinski definition) is 6. The molecule has 3 aliphatic rings. The van der Waals surface area contributed by atoms with Gasteiger partial charge in [-0.3, -0.25) is 43.8 Å². The molecule has 4 heterocycles. The summed E-state index contributed by atoms with van der Waals surface area (Å²) in [5.41, 5.74) is 5.00. The monoisotopic (exact) mass is 900 g/mol. The molecular formula is C36H38BrFN10O10S. The summed E-state index contributed by atoms with van der Waals surface area (Å²) < 4.78 is 47.6. The first-order valence-corrected chi connectivity index (χ1v) is 20.7. The van der Waals surface area contributed by atoms with Gasteiger partial charge in [-0.15, -0.1) is 0 Å². The zero-order valence-corrected chi connectivity index (χ0v) is 33.5. The van der Waals surface area contributed by atoms with Crippen molar-refractivity contribution in [1.82, 2.24) is 35.1 Å². The fourth-order valence-corrected chi connectivity index (χ4v) is 8.32. The van der Waals surface area contributed by atoms with Crippen molar-refractivity contribution in [2.24, 2.45) is 5.73 Å². The second kappa shape index (κ2) is 18.2. The molecule has 0 radical (unpaired) electrons. The van der Waals surface area contributed by atoms with Gasteiger partial charge in [-0.2, -0.15) is 4.98 Å². The third-order valence-corrected chi connectivity index (χ3v) is 12.0. The second-order valence-corrected chi connectivity index (χ2v) is 16.5. The number of nitrogens with two attached hydrogens (primary N) is 1. The molecule has 2 saturated heterocycles. The highest BCUT2D eigenvalue weighted by Crippen LogP contribution is 2.34. The Hall–Kier alpha value is -6.07. The average Bonchev–Trinajstić information content (AvgIpc) is 3.44. The van der Waals surface area contributed by atoms with E-state index in [9.17, 15) is 46.4 Å². The van der Waals surface area contributed by atoms with Gasteiger partial charge in [0.15, 0.2) is 6.61 Å². The largest absolute Gasteiger partial charge is 0.483 e. The van der Waals surface area contributed by atoms with E-state index in [1.165, 1.54) is 40.8 Å². The van der Waals surface area contributed by atoms with Crippen molar-refractivity contribution in [1.29, 1.82) is 0 Å². The van der Waals surface area contributed by atoms with Gasteiger partial charge < -0.3 is 31.7 Å². The number of carbonyl (C=O) groups excluding carboxylic acids is 7. The van der Waals surface area contributed by atoms with E-state index in [0.29, 0.717) is 17.3 Å². The maximum absolute atomic E-state index is 14.2. The van der Waals surface area contributed by atoms with Gasteiger partial charge >= 0.3 is 0 Å². The van der Waals surface area contributed by atoms with Gasteiger partial charge in [0.25, 0.3) is 23.6 Å². The Morgan fingerprint density at radius 3 is 2.44 bits per heavy atom. The van der Waals surface area contributed by atoms with Gasteiger partial charge in [-0.1, -0.05) is 12.1 Å². The van der Waals surface area contributed by atoms with Crippen LogP contribution in [0.25, 0.3) is 0 Å². The third kappa shape index (κ3) is 9.97. The fourth-order valence-electron chi connectivity index (χ4n) is 6.64. The maximum atomic E-state index is 14.2. The number of amides is 7. The summed E-state index contributed by atoms with van der Waals surface area (Å²) in [4.78, 5) is 96.2. The lowest BCUT2D eigenvalue weighted by Gasteiger charge is -2.31. The Bertz CT molecular complexity index is 2330. The third-order valence-electron chi connectivity index (χ3n) is 9.58. The highest BCUT2D eigenvalue weighted by atomic mass is 79.9. The summed E-state index contributed by atoms with van der Waals surface area (Å²) in [6.45, 7) is -0.434. The molecule has 0 bridgehead atoms. The first kappa shape index (κ1) is 42.5. The maximum Gasteiger partial charge on any atom is 0.266 e. The summed E-state index contributed by atoms with van der Waals surface area (Å²) in [7, 11) is -3.72. The van der Waals surface area contributed by atoms with Crippen molar-refractivity contribution in [2.45, 2.75) is 44.2 Å². The van der Waals surface area contributed by atoms with Crippen molar-refractivity contribution in [3.05, 3.63) is 69.6 Å². The van der Waals surface area contributed by atoms with Crippen LogP contribution < -0.4 is 37.1 Å². The average molecular weight is 902 g/mol. The van der Waals surface area contributed by atoms with Crippen LogP contribution in [0, 0.1) is 5.82 Å². The Balaban J connectivity index is 0.893. The van der Waals surface area contributed by atoms with Crippen LogP contribution in [0.5, 0.6) is 5.75 Å². The van der Waals surface area contributed by atoms with Gasteiger partial charge in [0, 0.05) is 51.3 Å². The molecule has 1 atom stereocenters. The quantitative estimate of drug-likeness (QED) is 0.107. The number of fused-ring (bicyclic) bond motifs is 1. The normalized spacial score (nSPS) is 17.3. The van der Waals surface area contributed by atoms with Gasteiger partial charge in [-0.05, 0) is 59.5 Å². The highest BCUT2D eigenvalue weighted by molar-refractivity contribution is 9.10. The van der Waals surface area contributed by atoms with E-state index in [-0.39, 0.29) is 97.1 Å². The molecule has 3 aliphatic heterocycles. The van der Waals surface area contributed by atoms with Crippen molar-refractivity contribution >= 4 is 84.8 Å². The minimum absolute atomic E-state index is 0.0127. The predicted molar refractivity (Wildman–Crippen MR) is 209 cm³/mol. The number of anilines is 3. The first-order chi connectivity index (χ1) is 28.1. The summed E-state index contributed by atoms with van der Waals surface area (Å²) in [6, 6.07) is 6.89. The summed E-state index contributed by atoms with van der Waals surface area (Å²) in [5, 5.41) is 13.2. The van der Waals surface area contributed by atoms with Crippen molar-refractivity contribution in [2.75, 3.05) is 49.2 Å². The molecule has 7 amide bonds. The molecule has 23 heteroatoms. The number of halogens is 2. The lowest BCUT2D eigenvalue weighted by atomic mass is 10.0. The molecule has 1 unspecified atom stereocenters. The molecule has 7 N–H and O–H groups in total. The van der Waals surface area contributed by atoms with Crippen molar-refractivity contribution < 1.29 is 51.1 Å². The minimum Gasteiger partial charge on any atom is -0.483 e. The molecule has 20 nitrogen and oxygen atoms in total. The number of aromatic nitrogens is 2. The standard InChI is InChI=1S/C36H38BrFN10O10S/c37-21-17-42-36(46-32(21)44-23-5-2-4-22(38)30(23)31(39)52)43-19-10-14-47(15-11-19)59(56,57)16-13-41-26(49)9-12-40-28(51)18-58-25-6-1-3-20-29(25)35(55)48(34(20)54)24-7-8-27(50)45-33(24)53/h1-6,17,19,24H,7-16,18H2,(H2,39,52)(H,40,51)(H,41,49)(H,45,50,53)(H2,42,43,44,46). The van der Waals surface area contributed by atoms with Gasteiger partial charge in [0.05, 0.1) is 32.6 Å². The van der Waals surface area contributed by atoms with E-state index in [4.69, 9.17) is 10.5 Å². The number of hydrogen-bond acceptors (Lipinski definition) is 14. The van der Waals surface area contributed by atoms with Crippen molar-refractivity contribution in [3.8, 4) is 5.75 Å². The smallest absolute Gasteiger partial charge is 0.266 e. The lowest BCUT2D eigenvalue weighted by molar-refractivity contribution is -0.136. The van der Waals surface area contributed by atoms with Crippen LogP contribution in [0.2, 0.25) is 0 Å². The topological polar surface area (TPSA) is 281 Å². The zero-order chi connectivity index (χ0) is 42.4. The lowest BCUT2D eigenvalue weighted by Crippen LogP contribution is -2.54. The van der Waals surface area contributed by atoms with E-state index in [1.807, 2.05) is 0 Å². The Morgan fingerprint density at radius 1 is 0.983 bits per heavy atom. The van der Waals surface area contributed by atoms with Crippen LogP contribution in [0.3, 0.4) is 0 Å². The molecule has 2 aromatic carbocycles. The Kier molecular flexibility index (Phi) is 13.2. The van der Waals surface area contributed by atoms with E-state index < -0.39 is 69.8 Å². The van der Waals surface area contributed by atoms with Crippen LogP contribution in [0.15, 0.2) is 47.1 Å². The van der Waals surface area contributed by atoms with Gasteiger partial charge in [0.1, 0.15) is 23.4 Å². The minimum atomic E-state index is -3.72. The Labute approximate surface area is 344 Å². The number of piperidine rings is 2. The molecule has 0 saturated carbocycles. The summed E-state index contributed by atoms with van der Waals surface area (Å²) >= 11 is 3.33. The summed E-state index contributed by atoms with van der Waals surface area (Å²) in [6.07, 6.45) is 2.09. The van der Waals surface area contributed by atoms with Crippen LogP contribution in [0.4, 0.5) is 21.8 Å². The van der Waals surface area contributed by atoms with Gasteiger partial charge in [-0.25, -0.2) is 22.1 Å². The molecular weight excluding hydrogens is 863 g/mol. The number of nitrogens with one attached hydrogen (secondary N) is 5. The number of benzene rings is 2. The molecule has 312 valence electrons. The molecule has 2 fully saturated rings. The van der Waals surface area contributed by atoms with Crippen molar-refractivity contribution in [3.63, 3.8) is 0 Å². The molecule has 0 aliphatic carbocycles. The van der Waals surface area contributed by atoms with Gasteiger partial charge in [0.2, 0.25) is 33.7 Å². The number of ether oxygens (including phenoxy) is 1. The van der Waals surface area contributed by atoms with Crippen LogP contribution in [-0.4, -0.2) is 120 Å². The number of primary amides is 1.